The van der Waals surface area contributed by atoms with Gasteiger partial charge in [0.25, 0.3) is 0 Å². The van der Waals surface area contributed by atoms with Crippen LogP contribution in [0.3, 0.4) is 0 Å². The topological polar surface area (TPSA) is 38.7 Å². The highest BCUT2D eigenvalue weighted by Crippen LogP contribution is 2.23. The van der Waals surface area contributed by atoms with Gasteiger partial charge in [-0.15, -0.1) is 0 Å². The van der Waals surface area contributed by atoms with Crippen LogP contribution in [-0.4, -0.2) is 5.11 Å². The second-order valence-electron chi connectivity index (χ2n) is 4.84. The van der Waals surface area contributed by atoms with Crippen LogP contribution >= 0.6 is 0 Å². The van der Waals surface area contributed by atoms with Crippen LogP contribution in [0.5, 0.6) is 23.0 Å². The van der Waals surface area contributed by atoms with Gasteiger partial charge >= 0.3 is 0 Å². The SMILES string of the molecule is Oc1ccc(Oc2ccc(COc3ccccc3)cc2)cc1. The molecule has 0 unspecified atom stereocenters. The number of rotatable bonds is 5. The van der Waals surface area contributed by atoms with Gasteiger partial charge in [-0.25, -0.2) is 0 Å². The summed E-state index contributed by atoms with van der Waals surface area (Å²) in [7, 11) is 0. The molecule has 110 valence electrons. The highest BCUT2D eigenvalue weighted by atomic mass is 16.5. The maximum atomic E-state index is 9.24. The molecule has 0 fully saturated rings. The van der Waals surface area contributed by atoms with Crippen molar-refractivity contribution in [1.82, 2.24) is 0 Å². The van der Waals surface area contributed by atoms with Crippen LogP contribution < -0.4 is 9.47 Å². The number of aromatic hydroxyl groups is 1. The maximum absolute atomic E-state index is 9.24. The first kappa shape index (κ1) is 14.0. The molecule has 3 nitrogen and oxygen atoms in total. The van der Waals surface area contributed by atoms with Gasteiger partial charge in [-0.05, 0) is 54.1 Å². The van der Waals surface area contributed by atoms with Gasteiger partial charge in [-0.1, -0.05) is 30.3 Å². The molecular formula is C19H16O3. The average molecular weight is 292 g/mol. The van der Waals surface area contributed by atoms with E-state index < -0.39 is 0 Å². The third-order valence-electron chi connectivity index (χ3n) is 3.14. The molecule has 0 bridgehead atoms. The molecule has 0 amide bonds. The molecule has 3 aromatic carbocycles. The van der Waals surface area contributed by atoms with E-state index in [1.807, 2.05) is 54.6 Å². The third-order valence-corrected chi connectivity index (χ3v) is 3.14. The van der Waals surface area contributed by atoms with E-state index in [0.717, 1.165) is 17.1 Å². The molecule has 0 radical (unpaired) electrons. The summed E-state index contributed by atoms with van der Waals surface area (Å²) < 4.78 is 11.4. The van der Waals surface area contributed by atoms with Gasteiger partial charge in [0.15, 0.2) is 0 Å². The van der Waals surface area contributed by atoms with E-state index >= 15 is 0 Å². The molecule has 0 aliphatic rings. The Labute approximate surface area is 129 Å². The lowest BCUT2D eigenvalue weighted by molar-refractivity contribution is 0.306. The van der Waals surface area contributed by atoms with Crippen LogP contribution in [-0.2, 0) is 6.61 Å². The van der Waals surface area contributed by atoms with Crippen molar-refractivity contribution in [3.05, 3.63) is 84.4 Å². The fourth-order valence-corrected chi connectivity index (χ4v) is 1.99. The van der Waals surface area contributed by atoms with Crippen LogP contribution in [0.25, 0.3) is 0 Å². The molecule has 22 heavy (non-hydrogen) atoms. The molecule has 3 heteroatoms. The lowest BCUT2D eigenvalue weighted by Crippen LogP contribution is -1.95. The van der Waals surface area contributed by atoms with Gasteiger partial charge in [0, 0.05) is 0 Å². The molecule has 0 aliphatic carbocycles. The highest BCUT2D eigenvalue weighted by molar-refractivity contribution is 5.35. The van der Waals surface area contributed by atoms with Crippen LogP contribution in [0.2, 0.25) is 0 Å². The summed E-state index contributed by atoms with van der Waals surface area (Å²) in [5.41, 5.74) is 1.07. The highest BCUT2D eigenvalue weighted by Gasteiger charge is 1.99. The Hall–Kier alpha value is -2.94. The summed E-state index contributed by atoms with van der Waals surface area (Å²) >= 11 is 0. The summed E-state index contributed by atoms with van der Waals surface area (Å²) in [6.45, 7) is 0.517. The first-order chi connectivity index (χ1) is 10.8. The van der Waals surface area contributed by atoms with Crippen molar-refractivity contribution in [3.63, 3.8) is 0 Å². The quantitative estimate of drug-likeness (QED) is 0.736. The summed E-state index contributed by atoms with van der Waals surface area (Å²) in [6, 6.07) is 24.1. The number of benzene rings is 3. The summed E-state index contributed by atoms with van der Waals surface area (Å²) in [5, 5.41) is 9.24. The van der Waals surface area contributed by atoms with E-state index in [9.17, 15) is 5.11 Å². The first-order valence-corrected chi connectivity index (χ1v) is 7.03. The molecule has 0 saturated carbocycles. The molecule has 0 saturated heterocycles. The zero-order valence-corrected chi connectivity index (χ0v) is 12.0. The molecule has 3 rings (SSSR count). The average Bonchev–Trinajstić information content (AvgIpc) is 2.57. The first-order valence-electron chi connectivity index (χ1n) is 7.03. The van der Waals surface area contributed by atoms with Crippen LogP contribution in [0, 0.1) is 0 Å². The van der Waals surface area contributed by atoms with Gasteiger partial charge in [-0.2, -0.15) is 0 Å². The van der Waals surface area contributed by atoms with Crippen molar-refractivity contribution in [2.45, 2.75) is 6.61 Å². The van der Waals surface area contributed by atoms with Crippen molar-refractivity contribution >= 4 is 0 Å². The normalized spacial score (nSPS) is 10.2. The van der Waals surface area contributed by atoms with E-state index in [-0.39, 0.29) is 5.75 Å². The Morgan fingerprint density at radius 2 is 1.23 bits per heavy atom. The minimum atomic E-state index is 0.223. The van der Waals surface area contributed by atoms with E-state index in [1.54, 1.807) is 24.3 Å². The van der Waals surface area contributed by atoms with Gasteiger partial charge in [0.2, 0.25) is 0 Å². The summed E-state index contributed by atoms with van der Waals surface area (Å²) in [4.78, 5) is 0. The van der Waals surface area contributed by atoms with Crippen molar-refractivity contribution in [3.8, 4) is 23.0 Å². The van der Waals surface area contributed by atoms with E-state index in [4.69, 9.17) is 9.47 Å². The van der Waals surface area contributed by atoms with Gasteiger partial charge < -0.3 is 14.6 Å². The van der Waals surface area contributed by atoms with Crippen LogP contribution in [0.4, 0.5) is 0 Å². The molecule has 0 heterocycles. The molecule has 1 N–H and O–H groups in total. The molecule has 0 atom stereocenters. The Morgan fingerprint density at radius 1 is 0.636 bits per heavy atom. The van der Waals surface area contributed by atoms with Crippen molar-refractivity contribution < 1.29 is 14.6 Å². The van der Waals surface area contributed by atoms with E-state index in [2.05, 4.69) is 0 Å². The Kier molecular flexibility index (Phi) is 4.25. The predicted molar refractivity (Wildman–Crippen MR) is 85.4 cm³/mol. The lowest BCUT2D eigenvalue weighted by Gasteiger charge is -2.08. The third kappa shape index (κ3) is 3.79. The Bertz CT molecular complexity index is 704. The number of para-hydroxylation sites is 1. The molecule has 0 aliphatic heterocycles. The molecule has 0 aromatic heterocycles. The van der Waals surface area contributed by atoms with E-state index in [1.165, 1.54) is 0 Å². The monoisotopic (exact) mass is 292 g/mol. The van der Waals surface area contributed by atoms with Crippen LogP contribution in [0.15, 0.2) is 78.9 Å². The second kappa shape index (κ2) is 6.68. The fourth-order valence-electron chi connectivity index (χ4n) is 1.99. The Balaban J connectivity index is 1.59. The number of ether oxygens (including phenoxy) is 2. The zero-order valence-electron chi connectivity index (χ0n) is 12.0. The van der Waals surface area contributed by atoms with Crippen molar-refractivity contribution in [2.24, 2.45) is 0 Å². The second-order valence-corrected chi connectivity index (χ2v) is 4.84. The lowest BCUT2D eigenvalue weighted by atomic mass is 10.2. The van der Waals surface area contributed by atoms with Crippen molar-refractivity contribution in [2.75, 3.05) is 0 Å². The summed E-state index contributed by atoms with van der Waals surface area (Å²) in [6.07, 6.45) is 0. The Morgan fingerprint density at radius 3 is 1.86 bits per heavy atom. The zero-order chi connectivity index (χ0) is 15.2. The maximum Gasteiger partial charge on any atom is 0.127 e. The standard InChI is InChI=1S/C19H16O3/c20-16-8-12-19(13-9-16)22-18-10-6-15(7-11-18)14-21-17-4-2-1-3-5-17/h1-13,20H,14H2. The van der Waals surface area contributed by atoms with Crippen molar-refractivity contribution in [1.29, 1.82) is 0 Å². The van der Waals surface area contributed by atoms with E-state index in [0.29, 0.717) is 12.4 Å². The minimum Gasteiger partial charge on any atom is -0.508 e. The number of hydrogen-bond acceptors (Lipinski definition) is 3. The van der Waals surface area contributed by atoms with Gasteiger partial charge in [0.05, 0.1) is 0 Å². The number of hydrogen-bond donors (Lipinski definition) is 1. The van der Waals surface area contributed by atoms with Crippen LogP contribution in [0.1, 0.15) is 5.56 Å². The molecule has 3 aromatic rings. The number of phenolic OH excluding ortho intramolecular Hbond substituents is 1. The van der Waals surface area contributed by atoms with Gasteiger partial charge in [0.1, 0.15) is 29.6 Å². The largest absolute Gasteiger partial charge is 0.508 e. The molecular weight excluding hydrogens is 276 g/mol. The van der Waals surface area contributed by atoms with Gasteiger partial charge in [-0.3, -0.25) is 0 Å². The minimum absolute atomic E-state index is 0.223. The fraction of sp³-hybridized carbons (Fsp3) is 0.0526. The summed E-state index contributed by atoms with van der Waals surface area (Å²) in [5.74, 6) is 2.51. The predicted octanol–water partition coefficient (Wildman–Crippen LogP) is 4.76. The number of phenols is 1. The molecule has 0 spiro atoms. The smallest absolute Gasteiger partial charge is 0.127 e.